The number of hydrogen-bond acceptors (Lipinski definition) is 2. The van der Waals surface area contributed by atoms with Gasteiger partial charge in [-0.15, -0.1) is 0 Å². The third kappa shape index (κ3) is 2.18. The average Bonchev–Trinajstić information content (AvgIpc) is 2.65. The van der Waals surface area contributed by atoms with E-state index in [1.54, 1.807) is 0 Å². The molecular formula is C16H27NO. The van der Waals surface area contributed by atoms with Crippen molar-refractivity contribution in [1.29, 1.82) is 5.26 Å². The van der Waals surface area contributed by atoms with Crippen LogP contribution in [0, 0.1) is 28.1 Å². The van der Waals surface area contributed by atoms with Crippen LogP contribution < -0.4 is 0 Å². The summed E-state index contributed by atoms with van der Waals surface area (Å²) in [6.45, 7) is 6.65. The Morgan fingerprint density at radius 3 is 2.50 bits per heavy atom. The van der Waals surface area contributed by atoms with Crippen molar-refractivity contribution in [3.8, 4) is 6.07 Å². The van der Waals surface area contributed by atoms with Gasteiger partial charge in [0.25, 0.3) is 0 Å². The van der Waals surface area contributed by atoms with Crippen LogP contribution in [0.25, 0.3) is 0 Å². The molecule has 3 unspecified atom stereocenters. The second kappa shape index (κ2) is 4.53. The molecule has 0 spiro atoms. The van der Waals surface area contributed by atoms with Crippen LogP contribution in [0.1, 0.15) is 72.1 Å². The van der Waals surface area contributed by atoms with E-state index in [1.807, 2.05) is 0 Å². The Morgan fingerprint density at radius 2 is 2.00 bits per heavy atom. The first-order valence-corrected chi connectivity index (χ1v) is 7.50. The van der Waals surface area contributed by atoms with Gasteiger partial charge in [0.05, 0.1) is 17.1 Å². The topological polar surface area (TPSA) is 44.0 Å². The molecule has 2 aliphatic carbocycles. The van der Waals surface area contributed by atoms with E-state index in [9.17, 15) is 10.4 Å². The average molecular weight is 249 g/mol. The SMILES string of the molecule is CCC1CCCC(C#N)(C2(O)CCC(C)(C)C2)C1. The van der Waals surface area contributed by atoms with Crippen LogP contribution in [0.5, 0.6) is 0 Å². The predicted octanol–water partition coefficient (Wildman–Crippen LogP) is 4.04. The van der Waals surface area contributed by atoms with E-state index in [-0.39, 0.29) is 5.41 Å². The van der Waals surface area contributed by atoms with E-state index >= 15 is 0 Å². The largest absolute Gasteiger partial charge is 0.388 e. The number of aliphatic hydroxyl groups is 1. The second-order valence-electron chi connectivity index (χ2n) is 7.44. The molecule has 1 N–H and O–H groups in total. The molecule has 0 radical (unpaired) electrons. The third-order valence-corrected chi connectivity index (χ3v) is 5.52. The van der Waals surface area contributed by atoms with E-state index < -0.39 is 11.0 Å². The van der Waals surface area contributed by atoms with Crippen molar-refractivity contribution in [2.75, 3.05) is 0 Å². The van der Waals surface area contributed by atoms with Gasteiger partial charge in [-0.3, -0.25) is 0 Å². The van der Waals surface area contributed by atoms with Crippen LogP contribution in [-0.4, -0.2) is 10.7 Å². The van der Waals surface area contributed by atoms with E-state index in [2.05, 4.69) is 26.8 Å². The number of hydrogen-bond donors (Lipinski definition) is 1. The van der Waals surface area contributed by atoms with Crippen LogP contribution in [0.4, 0.5) is 0 Å². The zero-order chi connectivity index (χ0) is 13.4. The van der Waals surface area contributed by atoms with Gasteiger partial charge in [-0.25, -0.2) is 0 Å². The highest BCUT2D eigenvalue weighted by Gasteiger charge is 2.57. The second-order valence-corrected chi connectivity index (χ2v) is 7.44. The molecule has 0 saturated heterocycles. The molecule has 2 saturated carbocycles. The van der Waals surface area contributed by atoms with Crippen molar-refractivity contribution in [1.82, 2.24) is 0 Å². The fourth-order valence-corrected chi connectivity index (χ4v) is 4.29. The third-order valence-electron chi connectivity index (χ3n) is 5.52. The summed E-state index contributed by atoms with van der Waals surface area (Å²) in [7, 11) is 0. The lowest BCUT2D eigenvalue weighted by molar-refractivity contribution is -0.0825. The molecule has 0 heterocycles. The van der Waals surface area contributed by atoms with Gasteiger partial charge in [-0.2, -0.15) is 5.26 Å². The van der Waals surface area contributed by atoms with Crippen LogP contribution in [0.15, 0.2) is 0 Å². The minimum Gasteiger partial charge on any atom is -0.388 e. The van der Waals surface area contributed by atoms with Crippen LogP contribution >= 0.6 is 0 Å². The molecule has 2 heteroatoms. The lowest BCUT2D eigenvalue weighted by Crippen LogP contribution is -2.48. The molecule has 0 aliphatic heterocycles. The highest BCUT2D eigenvalue weighted by atomic mass is 16.3. The molecule has 0 amide bonds. The predicted molar refractivity (Wildman–Crippen MR) is 72.9 cm³/mol. The molecule has 0 aromatic heterocycles. The van der Waals surface area contributed by atoms with Gasteiger partial charge in [0.15, 0.2) is 0 Å². The maximum Gasteiger partial charge on any atom is 0.0863 e. The summed E-state index contributed by atoms with van der Waals surface area (Å²) in [5.41, 5.74) is -1.02. The summed E-state index contributed by atoms with van der Waals surface area (Å²) in [6, 6.07) is 2.55. The summed E-state index contributed by atoms with van der Waals surface area (Å²) in [5.74, 6) is 0.631. The standard InChI is InChI=1S/C16H27NO/c1-4-13-6-5-7-15(10-13,12-17)16(18)9-8-14(2,3)11-16/h13,18H,4-11H2,1-3H3. The molecule has 0 bridgehead atoms. The quantitative estimate of drug-likeness (QED) is 0.802. The summed E-state index contributed by atoms with van der Waals surface area (Å²) in [6.07, 6.45) is 7.94. The van der Waals surface area contributed by atoms with Gasteiger partial charge in [0.2, 0.25) is 0 Å². The molecule has 18 heavy (non-hydrogen) atoms. The van der Waals surface area contributed by atoms with Crippen LogP contribution in [0.3, 0.4) is 0 Å². The zero-order valence-electron chi connectivity index (χ0n) is 12.1. The molecule has 2 rings (SSSR count). The Labute approximate surface area is 111 Å². The van der Waals surface area contributed by atoms with Crippen molar-refractivity contribution in [2.24, 2.45) is 16.7 Å². The van der Waals surface area contributed by atoms with Gasteiger partial charge >= 0.3 is 0 Å². The van der Waals surface area contributed by atoms with E-state index in [0.717, 1.165) is 44.9 Å². The Kier molecular flexibility index (Phi) is 3.49. The van der Waals surface area contributed by atoms with Gasteiger partial charge in [0.1, 0.15) is 0 Å². The number of nitriles is 1. The van der Waals surface area contributed by atoms with E-state index in [1.165, 1.54) is 6.42 Å². The van der Waals surface area contributed by atoms with Crippen molar-refractivity contribution in [3.05, 3.63) is 0 Å². The molecule has 0 aromatic rings. The van der Waals surface area contributed by atoms with Crippen LogP contribution in [0.2, 0.25) is 0 Å². The van der Waals surface area contributed by atoms with E-state index in [0.29, 0.717) is 5.92 Å². The Bertz CT molecular complexity index is 357. The molecule has 0 aromatic carbocycles. The summed E-state index contributed by atoms with van der Waals surface area (Å²) < 4.78 is 0. The maximum atomic E-state index is 11.1. The molecule has 2 nitrogen and oxygen atoms in total. The fraction of sp³-hybridized carbons (Fsp3) is 0.938. The summed E-state index contributed by atoms with van der Waals surface area (Å²) in [4.78, 5) is 0. The van der Waals surface area contributed by atoms with Crippen molar-refractivity contribution >= 4 is 0 Å². The molecule has 102 valence electrons. The monoisotopic (exact) mass is 249 g/mol. The zero-order valence-corrected chi connectivity index (χ0v) is 12.1. The first kappa shape index (κ1) is 13.9. The fourth-order valence-electron chi connectivity index (χ4n) is 4.29. The van der Waals surface area contributed by atoms with Crippen LogP contribution in [-0.2, 0) is 0 Å². The maximum absolute atomic E-state index is 11.1. The Balaban J connectivity index is 2.25. The first-order chi connectivity index (χ1) is 8.36. The van der Waals surface area contributed by atoms with E-state index in [4.69, 9.17) is 0 Å². The van der Waals surface area contributed by atoms with Gasteiger partial charge in [-0.05, 0) is 43.4 Å². The highest BCUT2D eigenvalue weighted by Crippen LogP contribution is 2.57. The molecule has 2 fully saturated rings. The summed E-state index contributed by atoms with van der Waals surface area (Å²) in [5, 5.41) is 20.8. The normalized spacial score (nSPS) is 43.6. The molecular weight excluding hydrogens is 222 g/mol. The van der Waals surface area contributed by atoms with Gasteiger partial charge < -0.3 is 5.11 Å². The number of nitrogens with zero attached hydrogens (tertiary/aromatic N) is 1. The van der Waals surface area contributed by atoms with Crippen molar-refractivity contribution in [3.63, 3.8) is 0 Å². The Hall–Kier alpha value is -0.550. The van der Waals surface area contributed by atoms with Crippen molar-refractivity contribution < 1.29 is 5.11 Å². The molecule has 3 atom stereocenters. The van der Waals surface area contributed by atoms with Crippen molar-refractivity contribution in [2.45, 2.75) is 77.7 Å². The van der Waals surface area contributed by atoms with Gasteiger partial charge in [-0.1, -0.05) is 40.0 Å². The minimum absolute atomic E-state index is 0.192. The number of rotatable bonds is 2. The smallest absolute Gasteiger partial charge is 0.0863 e. The summed E-state index contributed by atoms with van der Waals surface area (Å²) >= 11 is 0. The first-order valence-electron chi connectivity index (χ1n) is 7.50. The Morgan fingerprint density at radius 1 is 1.28 bits per heavy atom. The minimum atomic E-state index is -0.737. The lowest BCUT2D eigenvalue weighted by Gasteiger charge is -2.46. The highest BCUT2D eigenvalue weighted by molar-refractivity contribution is 5.16. The van der Waals surface area contributed by atoms with Gasteiger partial charge in [0, 0.05) is 0 Å². The lowest BCUT2D eigenvalue weighted by atomic mass is 9.60. The molecule has 2 aliphatic rings.